The maximum absolute atomic E-state index is 11.1. The maximum Gasteiger partial charge on any atom is 0.209 e. The Morgan fingerprint density at radius 1 is 1.11 bits per heavy atom. The minimum atomic E-state index is -3.19. The second-order valence-corrected chi connectivity index (χ2v) is 5.85. The van der Waals surface area contributed by atoms with E-state index in [0.29, 0.717) is 0 Å². The molecule has 0 atom stereocenters. The number of sulfonamides is 1. The molecule has 4 heteroatoms. The molecule has 18 heavy (non-hydrogen) atoms. The highest BCUT2D eigenvalue weighted by molar-refractivity contribution is 7.88. The summed E-state index contributed by atoms with van der Waals surface area (Å²) in [5.74, 6) is 0. The lowest BCUT2D eigenvalue weighted by molar-refractivity contribution is 0.587. The van der Waals surface area contributed by atoms with Gasteiger partial charge in [0, 0.05) is 6.54 Å². The predicted octanol–water partition coefficient (Wildman–Crippen LogP) is 2.20. The topological polar surface area (TPSA) is 46.2 Å². The molecular weight excluding hydrogens is 246 g/mol. The third-order valence-electron chi connectivity index (χ3n) is 2.54. The van der Waals surface area contributed by atoms with Gasteiger partial charge < -0.3 is 0 Å². The van der Waals surface area contributed by atoms with Gasteiger partial charge in [0.2, 0.25) is 10.0 Å². The summed E-state index contributed by atoms with van der Waals surface area (Å²) in [6.45, 7) is 0.254. The molecule has 2 aromatic carbocycles. The molecule has 1 N–H and O–H groups in total. The molecule has 0 aliphatic heterocycles. The van der Waals surface area contributed by atoms with Gasteiger partial charge in [0.05, 0.1) is 6.26 Å². The van der Waals surface area contributed by atoms with E-state index in [2.05, 4.69) is 10.8 Å². The van der Waals surface area contributed by atoms with Crippen LogP contribution in [0.2, 0.25) is 0 Å². The lowest BCUT2D eigenvalue weighted by Gasteiger charge is -2.09. The summed E-state index contributed by atoms with van der Waals surface area (Å²) in [6, 6.07) is 18.6. The van der Waals surface area contributed by atoms with Gasteiger partial charge in [-0.3, -0.25) is 0 Å². The summed E-state index contributed by atoms with van der Waals surface area (Å²) in [5, 5.41) is 0. The Bertz CT molecular complexity index is 621. The average molecular weight is 260 g/mol. The molecule has 0 spiro atoms. The monoisotopic (exact) mass is 260 g/mol. The number of benzene rings is 2. The van der Waals surface area contributed by atoms with Crippen LogP contribution in [-0.2, 0) is 16.6 Å². The van der Waals surface area contributed by atoms with Gasteiger partial charge in [-0.15, -0.1) is 0 Å². The normalized spacial score (nSPS) is 11.4. The smallest absolute Gasteiger partial charge is 0.209 e. The summed E-state index contributed by atoms with van der Waals surface area (Å²) in [7, 11) is -3.19. The molecule has 0 bridgehead atoms. The van der Waals surface area contributed by atoms with Crippen molar-refractivity contribution in [2.24, 2.45) is 0 Å². The van der Waals surface area contributed by atoms with Crippen molar-refractivity contribution in [1.29, 1.82) is 0 Å². The Morgan fingerprint density at radius 2 is 1.83 bits per heavy atom. The van der Waals surface area contributed by atoms with Crippen molar-refractivity contribution in [1.82, 2.24) is 4.72 Å². The Morgan fingerprint density at radius 3 is 2.50 bits per heavy atom. The van der Waals surface area contributed by atoms with Crippen LogP contribution in [0.15, 0.2) is 48.5 Å². The largest absolute Gasteiger partial charge is 0.213 e. The molecule has 3 nitrogen and oxygen atoms in total. The van der Waals surface area contributed by atoms with Crippen molar-refractivity contribution < 1.29 is 8.42 Å². The molecule has 0 unspecified atom stereocenters. The molecule has 0 fully saturated rings. The number of hydrogen-bond acceptors (Lipinski definition) is 2. The number of hydrogen-bond donors (Lipinski definition) is 1. The molecule has 0 aliphatic rings. The van der Waals surface area contributed by atoms with E-state index in [1.165, 1.54) is 0 Å². The van der Waals surface area contributed by atoms with E-state index < -0.39 is 10.0 Å². The molecular formula is C14H14NO2S. The molecule has 0 aromatic heterocycles. The van der Waals surface area contributed by atoms with E-state index in [-0.39, 0.29) is 6.54 Å². The standard InChI is InChI=1S/C14H14NO2S/c1-18(16,17)15-11-13-9-5-6-10-14(13)12-7-3-2-4-8-12/h2-8,10,15H,11H2,1H3. The molecule has 0 saturated heterocycles. The van der Waals surface area contributed by atoms with Crippen molar-refractivity contribution >= 4 is 10.0 Å². The summed E-state index contributed by atoms with van der Waals surface area (Å²) < 4.78 is 24.7. The quantitative estimate of drug-likeness (QED) is 0.916. The van der Waals surface area contributed by atoms with Crippen LogP contribution in [0.5, 0.6) is 0 Å². The highest BCUT2D eigenvalue weighted by atomic mass is 32.2. The first-order chi connectivity index (χ1) is 8.56. The fraction of sp³-hybridized carbons (Fsp3) is 0.143. The van der Waals surface area contributed by atoms with Crippen molar-refractivity contribution in [2.45, 2.75) is 6.54 Å². The zero-order valence-corrected chi connectivity index (χ0v) is 10.9. The molecule has 2 aromatic rings. The van der Waals surface area contributed by atoms with Crippen LogP contribution in [0.3, 0.4) is 0 Å². The van der Waals surface area contributed by atoms with Crippen LogP contribution in [-0.4, -0.2) is 14.7 Å². The maximum atomic E-state index is 11.1. The van der Waals surface area contributed by atoms with Crippen LogP contribution in [0, 0.1) is 6.07 Å². The van der Waals surface area contributed by atoms with E-state index in [1.807, 2.05) is 42.5 Å². The van der Waals surface area contributed by atoms with Gasteiger partial charge in [-0.25, -0.2) is 13.1 Å². The van der Waals surface area contributed by atoms with Crippen LogP contribution in [0.25, 0.3) is 11.1 Å². The second kappa shape index (κ2) is 5.33. The van der Waals surface area contributed by atoms with Crippen LogP contribution < -0.4 is 4.72 Å². The predicted molar refractivity (Wildman–Crippen MR) is 72.4 cm³/mol. The van der Waals surface area contributed by atoms with Gasteiger partial charge in [-0.1, -0.05) is 48.5 Å². The molecule has 1 radical (unpaired) electrons. The summed E-state index contributed by atoms with van der Waals surface area (Å²) >= 11 is 0. The fourth-order valence-electron chi connectivity index (χ4n) is 1.71. The summed E-state index contributed by atoms with van der Waals surface area (Å²) in [6.07, 6.45) is 1.15. The number of nitrogens with one attached hydrogen (secondary N) is 1. The molecule has 2 rings (SSSR count). The van der Waals surface area contributed by atoms with E-state index in [1.54, 1.807) is 6.07 Å². The van der Waals surface area contributed by atoms with Gasteiger partial charge in [-0.2, -0.15) is 0 Å². The molecule has 0 heterocycles. The first kappa shape index (κ1) is 12.8. The van der Waals surface area contributed by atoms with Crippen LogP contribution in [0.1, 0.15) is 5.56 Å². The van der Waals surface area contributed by atoms with Crippen LogP contribution >= 0.6 is 0 Å². The molecule has 0 aliphatic carbocycles. The van der Waals surface area contributed by atoms with Crippen molar-refractivity contribution in [3.05, 3.63) is 60.2 Å². The SMILES string of the molecule is CS(=O)(=O)NCc1[c]cccc1-c1ccccc1. The second-order valence-electron chi connectivity index (χ2n) is 4.02. The van der Waals surface area contributed by atoms with Crippen molar-refractivity contribution in [3.8, 4) is 11.1 Å². The highest BCUT2D eigenvalue weighted by Crippen LogP contribution is 2.22. The Hall–Kier alpha value is -1.65. The first-order valence-corrected chi connectivity index (χ1v) is 7.45. The zero-order valence-electron chi connectivity index (χ0n) is 10.1. The molecule has 93 valence electrons. The van der Waals surface area contributed by atoms with Gasteiger partial charge in [0.1, 0.15) is 0 Å². The third-order valence-corrected chi connectivity index (χ3v) is 3.21. The van der Waals surface area contributed by atoms with Gasteiger partial charge in [0.15, 0.2) is 0 Å². The zero-order chi connectivity index (χ0) is 13.0. The van der Waals surface area contributed by atoms with Crippen molar-refractivity contribution in [2.75, 3.05) is 6.26 Å². The Labute approximate surface area is 108 Å². The highest BCUT2D eigenvalue weighted by Gasteiger charge is 2.06. The minimum Gasteiger partial charge on any atom is -0.213 e. The Kier molecular flexibility index (Phi) is 3.79. The summed E-state index contributed by atoms with van der Waals surface area (Å²) in [5.41, 5.74) is 2.89. The van der Waals surface area contributed by atoms with Gasteiger partial charge in [-0.05, 0) is 22.8 Å². The first-order valence-electron chi connectivity index (χ1n) is 5.56. The molecule has 0 saturated carbocycles. The lowest BCUT2D eigenvalue weighted by atomic mass is 10.00. The van der Waals surface area contributed by atoms with Crippen LogP contribution in [0.4, 0.5) is 0 Å². The van der Waals surface area contributed by atoms with Gasteiger partial charge >= 0.3 is 0 Å². The number of rotatable bonds is 4. The minimum absolute atomic E-state index is 0.254. The van der Waals surface area contributed by atoms with Crippen molar-refractivity contribution in [3.63, 3.8) is 0 Å². The van der Waals surface area contributed by atoms with E-state index >= 15 is 0 Å². The Balaban J connectivity index is 2.32. The van der Waals surface area contributed by atoms with Gasteiger partial charge in [0.25, 0.3) is 0 Å². The average Bonchev–Trinajstić information content (AvgIpc) is 2.37. The van der Waals surface area contributed by atoms with E-state index in [4.69, 9.17) is 0 Å². The van der Waals surface area contributed by atoms with E-state index in [9.17, 15) is 8.42 Å². The summed E-state index contributed by atoms with van der Waals surface area (Å²) in [4.78, 5) is 0. The lowest BCUT2D eigenvalue weighted by Crippen LogP contribution is -2.21. The third kappa shape index (κ3) is 3.42. The van der Waals surface area contributed by atoms with E-state index in [0.717, 1.165) is 22.9 Å². The fourth-order valence-corrected chi connectivity index (χ4v) is 2.12. The molecule has 0 amide bonds.